The van der Waals surface area contributed by atoms with Gasteiger partial charge in [-0.2, -0.15) is 13.2 Å². The van der Waals surface area contributed by atoms with Gasteiger partial charge in [-0.15, -0.1) is 24.0 Å². The predicted octanol–water partition coefficient (Wildman–Crippen LogP) is 1.86. The highest BCUT2D eigenvalue weighted by Crippen LogP contribution is 2.20. The number of benzene rings is 1. The Morgan fingerprint density at radius 3 is 2.83 bits per heavy atom. The van der Waals surface area contributed by atoms with Gasteiger partial charge in [0.2, 0.25) is 0 Å². The second-order valence-electron chi connectivity index (χ2n) is 6.58. The molecule has 1 aromatic rings. The highest BCUT2D eigenvalue weighted by atomic mass is 127. The minimum atomic E-state index is -4.19. The van der Waals surface area contributed by atoms with E-state index in [1.807, 2.05) is 13.0 Å². The number of carbonyl (C=O) groups excluding carboxylic acids is 1. The number of nitrogens with one attached hydrogen (secondary N) is 2. The van der Waals surface area contributed by atoms with Gasteiger partial charge in [0, 0.05) is 25.7 Å². The second-order valence-corrected chi connectivity index (χ2v) is 6.58. The van der Waals surface area contributed by atoms with Crippen LogP contribution < -0.4 is 21.1 Å². The average molecular weight is 529 g/mol. The van der Waals surface area contributed by atoms with E-state index in [0.29, 0.717) is 44.3 Å². The molecule has 0 saturated carbocycles. The standard InChI is InChI=1S/C18H26F3N5O2.HI/c1-2-23-17(25-14-6-7-26(10-14)12-18(19,20)21)24-9-13-4-3-5-15(8-13)28-11-16(22)27;/h3-5,8,14H,2,6-7,9-12H2,1H3,(H2,22,27)(H2,23,24,25);1H. The first kappa shape index (κ1) is 25.3. The zero-order chi connectivity index (χ0) is 20.6. The molecule has 0 aliphatic carbocycles. The lowest BCUT2D eigenvalue weighted by atomic mass is 10.2. The SMILES string of the molecule is CCNC(=NCc1cccc(OCC(N)=O)c1)NC1CCN(CC(F)(F)F)C1.I. The minimum Gasteiger partial charge on any atom is -0.484 e. The molecule has 2 rings (SSSR count). The summed E-state index contributed by atoms with van der Waals surface area (Å²) < 4.78 is 42.8. The van der Waals surface area contributed by atoms with Crippen molar-refractivity contribution in [3.05, 3.63) is 29.8 Å². The molecule has 1 saturated heterocycles. The van der Waals surface area contributed by atoms with E-state index in [2.05, 4.69) is 15.6 Å². The molecule has 0 bridgehead atoms. The summed E-state index contributed by atoms with van der Waals surface area (Å²) in [4.78, 5) is 16.7. The molecular formula is C18H27F3IN5O2. The van der Waals surface area contributed by atoms with Gasteiger partial charge in [-0.05, 0) is 31.0 Å². The Balaban J connectivity index is 0.00000420. The summed E-state index contributed by atoms with van der Waals surface area (Å²) in [5.74, 6) is 0.506. The summed E-state index contributed by atoms with van der Waals surface area (Å²) in [6, 6.07) is 7.04. The molecule has 1 aromatic carbocycles. The first-order valence-corrected chi connectivity index (χ1v) is 9.09. The molecule has 164 valence electrons. The van der Waals surface area contributed by atoms with Crippen LogP contribution in [0.3, 0.4) is 0 Å². The van der Waals surface area contributed by atoms with Gasteiger partial charge in [0.05, 0.1) is 13.1 Å². The van der Waals surface area contributed by atoms with E-state index < -0.39 is 18.6 Å². The Kier molecular flexibility index (Phi) is 10.5. The van der Waals surface area contributed by atoms with Gasteiger partial charge in [0.15, 0.2) is 12.6 Å². The second kappa shape index (κ2) is 12.1. The first-order valence-electron chi connectivity index (χ1n) is 9.09. The summed E-state index contributed by atoms with van der Waals surface area (Å²) in [7, 11) is 0. The Morgan fingerprint density at radius 1 is 1.41 bits per heavy atom. The van der Waals surface area contributed by atoms with Crippen LogP contribution in [0.15, 0.2) is 29.3 Å². The molecule has 0 aromatic heterocycles. The number of likely N-dealkylation sites (tertiary alicyclic amines) is 1. The fourth-order valence-corrected chi connectivity index (χ4v) is 2.92. The zero-order valence-corrected chi connectivity index (χ0v) is 18.5. The molecule has 11 heteroatoms. The van der Waals surface area contributed by atoms with Crippen LogP contribution in [0.25, 0.3) is 0 Å². The Labute approximate surface area is 185 Å². The van der Waals surface area contributed by atoms with E-state index >= 15 is 0 Å². The molecule has 1 aliphatic heterocycles. The van der Waals surface area contributed by atoms with Gasteiger partial charge in [-0.1, -0.05) is 12.1 Å². The summed E-state index contributed by atoms with van der Waals surface area (Å²) in [5.41, 5.74) is 5.93. The van der Waals surface area contributed by atoms with Crippen LogP contribution >= 0.6 is 24.0 Å². The smallest absolute Gasteiger partial charge is 0.401 e. The van der Waals surface area contributed by atoms with E-state index in [1.54, 1.807) is 18.2 Å². The molecule has 0 spiro atoms. The van der Waals surface area contributed by atoms with Crippen molar-refractivity contribution in [3.63, 3.8) is 0 Å². The lowest BCUT2D eigenvalue weighted by Gasteiger charge is -2.19. The van der Waals surface area contributed by atoms with Crippen molar-refractivity contribution >= 4 is 35.8 Å². The molecule has 29 heavy (non-hydrogen) atoms. The number of nitrogens with zero attached hydrogens (tertiary/aromatic N) is 2. The maximum atomic E-state index is 12.5. The third-order valence-electron chi connectivity index (χ3n) is 4.06. The third-order valence-corrected chi connectivity index (χ3v) is 4.06. The Morgan fingerprint density at radius 2 is 2.17 bits per heavy atom. The number of nitrogens with two attached hydrogens (primary N) is 1. The van der Waals surface area contributed by atoms with Crippen LogP contribution in [0.1, 0.15) is 18.9 Å². The van der Waals surface area contributed by atoms with E-state index in [1.165, 1.54) is 4.90 Å². The number of ether oxygens (including phenoxy) is 1. The zero-order valence-electron chi connectivity index (χ0n) is 16.2. The highest BCUT2D eigenvalue weighted by Gasteiger charge is 2.34. The largest absolute Gasteiger partial charge is 0.484 e. The van der Waals surface area contributed by atoms with Gasteiger partial charge in [-0.3, -0.25) is 9.69 Å². The molecule has 1 atom stereocenters. The van der Waals surface area contributed by atoms with Crippen LogP contribution in [-0.4, -0.2) is 61.8 Å². The van der Waals surface area contributed by atoms with E-state index in [0.717, 1.165) is 5.56 Å². The number of primary amides is 1. The van der Waals surface area contributed by atoms with Crippen molar-refractivity contribution in [3.8, 4) is 5.75 Å². The van der Waals surface area contributed by atoms with Crippen molar-refractivity contribution in [1.29, 1.82) is 0 Å². The van der Waals surface area contributed by atoms with E-state index in [4.69, 9.17) is 10.5 Å². The number of guanidine groups is 1. The van der Waals surface area contributed by atoms with Crippen molar-refractivity contribution < 1.29 is 22.7 Å². The predicted molar refractivity (Wildman–Crippen MR) is 115 cm³/mol. The summed E-state index contributed by atoms with van der Waals surface area (Å²) in [6.45, 7) is 2.52. The molecule has 0 radical (unpaired) electrons. The molecule has 1 fully saturated rings. The highest BCUT2D eigenvalue weighted by molar-refractivity contribution is 14.0. The topological polar surface area (TPSA) is 92.0 Å². The molecule has 4 N–H and O–H groups in total. The maximum Gasteiger partial charge on any atom is 0.401 e. The van der Waals surface area contributed by atoms with Gasteiger partial charge in [-0.25, -0.2) is 4.99 Å². The van der Waals surface area contributed by atoms with Gasteiger partial charge >= 0.3 is 6.18 Å². The average Bonchev–Trinajstić information content (AvgIpc) is 3.03. The fraction of sp³-hybridized carbons (Fsp3) is 0.556. The number of carbonyl (C=O) groups is 1. The molecule has 1 heterocycles. The van der Waals surface area contributed by atoms with Crippen molar-refractivity contribution in [1.82, 2.24) is 15.5 Å². The van der Waals surface area contributed by atoms with Gasteiger partial charge in [0.25, 0.3) is 5.91 Å². The Hall–Kier alpha value is -1.76. The number of hydrogen-bond donors (Lipinski definition) is 3. The first-order chi connectivity index (χ1) is 13.2. The van der Waals surface area contributed by atoms with Crippen LogP contribution in [0.4, 0.5) is 13.2 Å². The normalized spacial score (nSPS) is 17.5. The van der Waals surface area contributed by atoms with Gasteiger partial charge < -0.3 is 21.1 Å². The van der Waals surface area contributed by atoms with Crippen LogP contribution in [0, 0.1) is 0 Å². The molecule has 1 amide bonds. The van der Waals surface area contributed by atoms with E-state index in [9.17, 15) is 18.0 Å². The number of halogens is 4. The van der Waals surface area contributed by atoms with Crippen molar-refractivity contribution in [2.75, 3.05) is 32.8 Å². The molecule has 7 nitrogen and oxygen atoms in total. The number of amides is 1. The van der Waals surface area contributed by atoms with Crippen molar-refractivity contribution in [2.24, 2.45) is 10.7 Å². The number of hydrogen-bond acceptors (Lipinski definition) is 4. The summed E-state index contributed by atoms with van der Waals surface area (Å²) in [6.07, 6.45) is -3.56. The monoisotopic (exact) mass is 529 g/mol. The summed E-state index contributed by atoms with van der Waals surface area (Å²) >= 11 is 0. The Bertz CT molecular complexity index is 688. The van der Waals surface area contributed by atoms with E-state index in [-0.39, 0.29) is 36.6 Å². The van der Waals surface area contributed by atoms with Crippen LogP contribution in [0.2, 0.25) is 0 Å². The third kappa shape index (κ3) is 10.0. The minimum absolute atomic E-state index is 0. The van der Waals surface area contributed by atoms with Crippen LogP contribution in [-0.2, 0) is 11.3 Å². The lowest BCUT2D eigenvalue weighted by molar-refractivity contribution is -0.143. The van der Waals surface area contributed by atoms with Crippen molar-refractivity contribution in [2.45, 2.75) is 32.1 Å². The maximum absolute atomic E-state index is 12.5. The number of alkyl halides is 3. The summed E-state index contributed by atoms with van der Waals surface area (Å²) in [5, 5.41) is 6.30. The quantitative estimate of drug-likeness (QED) is 0.272. The fourth-order valence-electron chi connectivity index (χ4n) is 2.92. The number of rotatable bonds is 8. The van der Waals surface area contributed by atoms with Crippen LogP contribution in [0.5, 0.6) is 5.75 Å². The molecule has 1 unspecified atom stereocenters. The molecular weight excluding hydrogens is 502 g/mol. The van der Waals surface area contributed by atoms with Gasteiger partial charge in [0.1, 0.15) is 5.75 Å². The molecule has 1 aliphatic rings. The number of aliphatic imine (C=N–C) groups is 1. The lowest BCUT2D eigenvalue weighted by Crippen LogP contribution is -2.45.